The fourth-order valence-corrected chi connectivity index (χ4v) is 10.5. The Morgan fingerprint density at radius 2 is 0.859 bits per heavy atom. The number of nitrogens with zero attached hydrogens (tertiary/aromatic N) is 2. The number of hydrogen-bond donors (Lipinski definition) is 3. The summed E-state index contributed by atoms with van der Waals surface area (Å²) >= 11 is 0. The molecule has 0 saturated carbocycles. The quantitative estimate of drug-likeness (QED) is 0.154. The van der Waals surface area contributed by atoms with Crippen LogP contribution in [0.1, 0.15) is 172 Å². The molecule has 0 unspecified atom stereocenters. The molecule has 3 aromatic heterocycles. The molecular weight excluding hydrogens is 953 g/mol. The van der Waals surface area contributed by atoms with E-state index in [0.717, 1.165) is 73.3 Å². The average molecular weight is 1020 g/mol. The monoisotopic (exact) mass is 1020 g/mol. The summed E-state index contributed by atoms with van der Waals surface area (Å²) in [6.07, 6.45) is 9.16. The van der Waals surface area contributed by atoms with Crippen molar-refractivity contribution in [2.75, 3.05) is 0 Å². The van der Waals surface area contributed by atoms with Crippen molar-refractivity contribution < 1.29 is 9.90 Å². The second-order valence-corrected chi connectivity index (χ2v) is 25.2. The van der Waals surface area contributed by atoms with Crippen LogP contribution in [0.2, 0.25) is 0 Å². The van der Waals surface area contributed by atoms with E-state index in [1.54, 1.807) is 24.3 Å². The minimum absolute atomic E-state index is 0.138. The van der Waals surface area contributed by atoms with Gasteiger partial charge in [0.1, 0.15) is 0 Å². The molecule has 0 amide bonds. The van der Waals surface area contributed by atoms with E-state index in [9.17, 15) is 9.90 Å². The van der Waals surface area contributed by atoms with Crippen molar-refractivity contribution in [3.63, 3.8) is 0 Å². The zero-order chi connectivity index (χ0) is 55.1. The second-order valence-electron chi connectivity index (χ2n) is 25.2. The predicted octanol–water partition coefficient (Wildman–Crippen LogP) is 17.2. The van der Waals surface area contributed by atoms with Crippen molar-refractivity contribution >= 4 is 52.3 Å². The zero-order valence-electron chi connectivity index (χ0n) is 46.9. The molecule has 0 fully saturated rings. The smallest absolute Gasteiger partial charge is 0.335 e. The summed E-state index contributed by atoms with van der Waals surface area (Å²) in [5, 5.41) is 9.68. The number of H-pyrrole nitrogens is 2. The summed E-state index contributed by atoms with van der Waals surface area (Å²) in [6.45, 7) is 27.2. The molecule has 6 heteroatoms. The van der Waals surface area contributed by atoms with Crippen LogP contribution >= 0.6 is 0 Å². The lowest BCUT2D eigenvalue weighted by Gasteiger charge is -2.26. The number of nitrogens with one attached hydrogen (secondary N) is 2. The Bertz CT molecular complexity index is 3940. The largest absolute Gasteiger partial charge is 0.478 e. The molecule has 78 heavy (non-hydrogen) atoms. The maximum absolute atomic E-state index is 11.8. The summed E-state index contributed by atoms with van der Waals surface area (Å²) in [7, 11) is 0. The molecular formula is C72H66N4O2. The van der Waals surface area contributed by atoms with Gasteiger partial charge in [0, 0.05) is 33.3 Å². The Morgan fingerprint density at radius 3 is 1.35 bits per heavy atom. The third-order valence-electron chi connectivity index (χ3n) is 15.3. The van der Waals surface area contributed by atoms with Crippen LogP contribution in [0, 0.1) is 23.7 Å². The Labute approximate surface area is 459 Å². The molecule has 2 aliphatic heterocycles. The number of hydrogen-bond acceptors (Lipinski definition) is 3. The fourth-order valence-electron chi connectivity index (χ4n) is 10.5. The van der Waals surface area contributed by atoms with Gasteiger partial charge in [-0.15, -0.1) is 0 Å². The van der Waals surface area contributed by atoms with E-state index < -0.39 is 5.97 Å². The van der Waals surface area contributed by atoms with Gasteiger partial charge in [-0.05, 0) is 169 Å². The maximum atomic E-state index is 11.8. The van der Waals surface area contributed by atoms with Gasteiger partial charge >= 0.3 is 5.97 Å². The lowest BCUT2D eigenvalue weighted by Crippen LogP contribution is -2.16. The number of aromatic carboxylic acids is 1. The summed E-state index contributed by atoms with van der Waals surface area (Å²) in [6, 6.07) is 44.5. The number of carbonyl (C=O) groups is 1. The van der Waals surface area contributed by atoms with Gasteiger partial charge in [0.15, 0.2) is 0 Å². The van der Waals surface area contributed by atoms with Crippen LogP contribution in [0.4, 0.5) is 0 Å². The number of benzene rings is 5. The van der Waals surface area contributed by atoms with E-state index in [1.165, 1.54) is 44.5 Å². The first-order valence-corrected chi connectivity index (χ1v) is 27.0. The topological polar surface area (TPSA) is 94.7 Å². The molecule has 8 aromatic rings. The Balaban J connectivity index is 1.25. The summed E-state index contributed by atoms with van der Waals surface area (Å²) in [4.78, 5) is 30.7. The predicted molar refractivity (Wildman–Crippen MR) is 325 cm³/mol. The second kappa shape index (κ2) is 19.1. The number of carboxylic acids is 1. The number of aromatic nitrogens is 4. The van der Waals surface area contributed by atoms with Crippen molar-refractivity contribution in [2.24, 2.45) is 0 Å². The number of carboxylic acid groups (broad SMARTS) is 1. The van der Waals surface area contributed by atoms with Crippen molar-refractivity contribution in [1.82, 2.24) is 19.9 Å². The summed E-state index contributed by atoms with van der Waals surface area (Å²) in [5.74, 6) is 13.2. The summed E-state index contributed by atoms with van der Waals surface area (Å²) < 4.78 is 0. The molecule has 0 spiro atoms. The van der Waals surface area contributed by atoms with E-state index in [1.807, 2.05) is 12.2 Å². The fraction of sp³-hybridized carbons (Fsp3) is 0.236. The highest BCUT2D eigenvalue weighted by Crippen LogP contribution is 2.41. The molecule has 0 atom stereocenters. The molecule has 5 heterocycles. The minimum Gasteiger partial charge on any atom is -0.478 e. The van der Waals surface area contributed by atoms with Gasteiger partial charge in [-0.25, -0.2) is 14.8 Å². The normalized spacial score (nSPS) is 12.9. The van der Waals surface area contributed by atoms with Gasteiger partial charge in [-0.2, -0.15) is 0 Å². The molecule has 3 aliphatic rings. The third kappa shape index (κ3) is 10.1. The van der Waals surface area contributed by atoms with Crippen molar-refractivity contribution in [2.45, 2.75) is 111 Å². The van der Waals surface area contributed by atoms with Gasteiger partial charge in [-0.1, -0.05) is 173 Å². The van der Waals surface area contributed by atoms with Crippen molar-refractivity contribution in [3.8, 4) is 57.1 Å². The minimum atomic E-state index is -0.986. The van der Waals surface area contributed by atoms with E-state index in [-0.39, 0.29) is 27.2 Å². The highest BCUT2D eigenvalue weighted by atomic mass is 16.4. The van der Waals surface area contributed by atoms with Crippen LogP contribution in [0.15, 0.2) is 127 Å². The lowest BCUT2D eigenvalue weighted by atomic mass is 9.78. The highest BCUT2D eigenvalue weighted by molar-refractivity contribution is 5.96. The Hall–Kier alpha value is -8.71. The number of fused-ring (bicyclic) bond motifs is 11. The maximum Gasteiger partial charge on any atom is 0.335 e. The van der Waals surface area contributed by atoms with E-state index in [0.29, 0.717) is 22.5 Å². The molecule has 3 N–H and O–H groups in total. The van der Waals surface area contributed by atoms with E-state index in [4.69, 9.17) is 9.97 Å². The average Bonchev–Trinajstić information content (AvgIpc) is 4.45. The van der Waals surface area contributed by atoms with Crippen LogP contribution < -0.4 is 0 Å². The van der Waals surface area contributed by atoms with Crippen molar-refractivity contribution in [1.29, 1.82) is 0 Å². The van der Waals surface area contributed by atoms with Gasteiger partial charge in [-0.3, -0.25) is 0 Å². The molecule has 8 bridgehead atoms. The van der Waals surface area contributed by atoms with E-state index in [2.05, 4.69) is 232 Å². The van der Waals surface area contributed by atoms with Crippen LogP contribution in [0.25, 0.3) is 79.8 Å². The van der Waals surface area contributed by atoms with Crippen LogP contribution in [-0.2, 0) is 28.1 Å². The van der Waals surface area contributed by atoms with E-state index >= 15 is 0 Å². The first-order valence-electron chi connectivity index (χ1n) is 27.0. The molecule has 6 nitrogen and oxygen atoms in total. The zero-order valence-corrected chi connectivity index (χ0v) is 46.9. The molecule has 1 aliphatic carbocycles. The SMILES string of the molecule is CC(C)(C)c1cc(-c2c3nc(c(C#Cc4ccc(C(=O)O)cc4)c4nc(c(-c5cc(C(C)(C)C)cc(C(C)(C)C)c5)c5ccc([nH]5)c(C#Cc5ccc6c(c5)Cc5ccccc5-6)c5ccc2[nH]5)C=C4)C=C3)cc(C(C)(C)C)c1. The van der Waals surface area contributed by atoms with Gasteiger partial charge in [0.25, 0.3) is 0 Å². The molecule has 386 valence electrons. The molecule has 0 radical (unpaired) electrons. The molecule has 11 rings (SSSR count). The lowest BCUT2D eigenvalue weighted by molar-refractivity contribution is 0.0697. The highest BCUT2D eigenvalue weighted by Gasteiger charge is 2.26. The van der Waals surface area contributed by atoms with Crippen LogP contribution in [-0.4, -0.2) is 31.0 Å². The van der Waals surface area contributed by atoms with Gasteiger partial charge in [0.05, 0.1) is 50.5 Å². The Kier molecular flexibility index (Phi) is 12.6. The Morgan fingerprint density at radius 1 is 0.436 bits per heavy atom. The number of aromatic amines is 2. The van der Waals surface area contributed by atoms with Crippen LogP contribution in [0.3, 0.4) is 0 Å². The third-order valence-corrected chi connectivity index (χ3v) is 15.3. The summed E-state index contributed by atoms with van der Waals surface area (Å²) in [5.41, 5.74) is 23.3. The molecule has 5 aromatic carbocycles. The first kappa shape index (κ1) is 51.4. The van der Waals surface area contributed by atoms with Gasteiger partial charge < -0.3 is 15.1 Å². The van der Waals surface area contributed by atoms with Crippen LogP contribution in [0.5, 0.6) is 0 Å². The number of rotatable bonds is 3. The standard InChI is InChI=1S/C72H66N4O2/c1-69(2,3)50-37-48(38-51(41-50)70(4,5)6)66-62-31-27-58(73-62)56(25-19-43-17-22-45(23-18-43)68(77)78)59-28-32-63(74-59)67(49-39-52(71(7,8)9)42-53(40-49)72(10,11)12)65-34-30-61(76-65)57(60-29-33-64(66)75-60)26-21-44-20-24-55-47(35-44)36-46-15-13-14-16-54(46)55/h13-18,20,22-24,27-35,37-42,75-76H,36H2,1-12H3,(H,77,78). The first-order chi connectivity index (χ1) is 36.9. The molecule has 0 saturated heterocycles. The van der Waals surface area contributed by atoms with Gasteiger partial charge in [0.2, 0.25) is 0 Å². The van der Waals surface area contributed by atoms with Crippen molar-refractivity contribution in [3.05, 3.63) is 211 Å².